The van der Waals surface area contributed by atoms with E-state index in [1.54, 1.807) is 24.3 Å². The normalized spacial score (nSPS) is 10.8. The van der Waals surface area contributed by atoms with Gasteiger partial charge >= 0.3 is 5.97 Å². The van der Waals surface area contributed by atoms with E-state index in [4.69, 9.17) is 0 Å². The van der Waals surface area contributed by atoms with E-state index in [0.29, 0.717) is 16.5 Å². The van der Waals surface area contributed by atoms with Crippen molar-refractivity contribution in [1.29, 1.82) is 0 Å². The molecule has 0 radical (unpaired) electrons. The van der Waals surface area contributed by atoms with Gasteiger partial charge in [0.15, 0.2) is 0 Å². The maximum Gasteiger partial charge on any atom is 0.336 e. The average Bonchev–Trinajstić information content (AvgIpc) is 2.86. The summed E-state index contributed by atoms with van der Waals surface area (Å²) in [6, 6.07) is 9.17. The van der Waals surface area contributed by atoms with Gasteiger partial charge in [-0.25, -0.2) is 9.18 Å². The van der Waals surface area contributed by atoms with Gasteiger partial charge in [0, 0.05) is 16.5 Å². The fourth-order valence-corrected chi connectivity index (χ4v) is 2.15. The molecule has 5 heteroatoms. The fraction of sp³-hybridized carbons (Fsp3) is 0. The first-order valence-corrected chi connectivity index (χ1v) is 5.63. The molecule has 1 aromatic heterocycles. The van der Waals surface area contributed by atoms with E-state index in [1.165, 1.54) is 18.3 Å². The third kappa shape index (κ3) is 1.76. The molecule has 19 heavy (non-hydrogen) atoms. The van der Waals surface area contributed by atoms with E-state index in [2.05, 4.69) is 10.2 Å². The van der Waals surface area contributed by atoms with Gasteiger partial charge in [0.2, 0.25) is 0 Å². The van der Waals surface area contributed by atoms with Crippen molar-refractivity contribution >= 4 is 16.9 Å². The Morgan fingerprint density at radius 2 is 2.00 bits per heavy atom. The Bertz CT molecular complexity index is 780. The lowest BCUT2D eigenvalue weighted by Gasteiger charge is -2.08. The largest absolute Gasteiger partial charge is 0.478 e. The number of nitrogens with one attached hydrogen (secondary N) is 1. The molecule has 94 valence electrons. The van der Waals surface area contributed by atoms with Crippen LogP contribution in [-0.2, 0) is 0 Å². The Balaban J connectivity index is 2.43. The number of hydrogen-bond acceptors (Lipinski definition) is 2. The van der Waals surface area contributed by atoms with E-state index in [1.807, 2.05) is 0 Å². The van der Waals surface area contributed by atoms with Crippen LogP contribution in [0.3, 0.4) is 0 Å². The van der Waals surface area contributed by atoms with Crippen LogP contribution in [-0.4, -0.2) is 21.3 Å². The van der Waals surface area contributed by atoms with Crippen LogP contribution < -0.4 is 0 Å². The molecule has 0 atom stereocenters. The van der Waals surface area contributed by atoms with Crippen LogP contribution in [0.1, 0.15) is 10.4 Å². The summed E-state index contributed by atoms with van der Waals surface area (Å²) in [7, 11) is 0. The van der Waals surface area contributed by atoms with Gasteiger partial charge in [0.1, 0.15) is 5.82 Å². The van der Waals surface area contributed by atoms with Crippen molar-refractivity contribution in [3.63, 3.8) is 0 Å². The predicted octanol–water partition coefficient (Wildman–Crippen LogP) is 3.07. The lowest BCUT2D eigenvalue weighted by atomic mass is 9.96. The molecule has 2 aromatic carbocycles. The summed E-state index contributed by atoms with van der Waals surface area (Å²) in [4.78, 5) is 11.3. The molecule has 0 saturated carbocycles. The molecule has 0 aliphatic heterocycles. The van der Waals surface area contributed by atoms with Crippen LogP contribution in [0.5, 0.6) is 0 Å². The number of carboxylic acids is 1. The summed E-state index contributed by atoms with van der Waals surface area (Å²) >= 11 is 0. The minimum atomic E-state index is -1.10. The Morgan fingerprint density at radius 3 is 2.74 bits per heavy atom. The van der Waals surface area contributed by atoms with Crippen LogP contribution in [0.4, 0.5) is 4.39 Å². The van der Waals surface area contributed by atoms with E-state index in [0.717, 1.165) is 0 Å². The topological polar surface area (TPSA) is 66.0 Å². The molecule has 3 rings (SSSR count). The van der Waals surface area contributed by atoms with E-state index >= 15 is 0 Å². The molecule has 2 N–H and O–H groups in total. The maximum atomic E-state index is 13.9. The Labute approximate surface area is 107 Å². The standard InChI is InChI=1S/C14H9FN2O2/c15-11-4-2-1-3-8(11)13-9(14(18)19)5-6-12-10(13)7-16-17-12/h1-7H,(H,16,17)(H,18,19). The number of carbonyl (C=O) groups is 1. The number of nitrogens with zero attached hydrogens (tertiary/aromatic N) is 1. The summed E-state index contributed by atoms with van der Waals surface area (Å²) < 4.78 is 13.9. The summed E-state index contributed by atoms with van der Waals surface area (Å²) in [5, 5.41) is 16.5. The van der Waals surface area contributed by atoms with Crippen molar-refractivity contribution < 1.29 is 14.3 Å². The fourth-order valence-electron chi connectivity index (χ4n) is 2.15. The molecule has 0 fully saturated rings. The van der Waals surface area contributed by atoms with Crippen molar-refractivity contribution in [2.24, 2.45) is 0 Å². The van der Waals surface area contributed by atoms with Gasteiger partial charge in [-0.1, -0.05) is 18.2 Å². The molecule has 3 aromatic rings. The monoisotopic (exact) mass is 256 g/mol. The quantitative estimate of drug-likeness (QED) is 0.740. The molecule has 4 nitrogen and oxygen atoms in total. The lowest BCUT2D eigenvalue weighted by molar-refractivity contribution is 0.0698. The highest BCUT2D eigenvalue weighted by atomic mass is 19.1. The van der Waals surface area contributed by atoms with Gasteiger partial charge in [0.25, 0.3) is 0 Å². The van der Waals surface area contributed by atoms with Crippen molar-refractivity contribution in [2.75, 3.05) is 0 Å². The van der Waals surface area contributed by atoms with E-state index in [9.17, 15) is 14.3 Å². The number of halogens is 1. The van der Waals surface area contributed by atoms with Crippen molar-refractivity contribution in [1.82, 2.24) is 10.2 Å². The zero-order chi connectivity index (χ0) is 13.4. The van der Waals surface area contributed by atoms with Gasteiger partial charge < -0.3 is 5.11 Å². The number of aromatic amines is 1. The average molecular weight is 256 g/mol. The lowest BCUT2D eigenvalue weighted by Crippen LogP contribution is -2.00. The van der Waals surface area contributed by atoms with E-state index in [-0.39, 0.29) is 11.1 Å². The summed E-state index contributed by atoms with van der Waals surface area (Å²) in [6.45, 7) is 0. The number of aromatic carboxylic acids is 1. The molecule has 0 spiro atoms. The zero-order valence-corrected chi connectivity index (χ0v) is 9.72. The SMILES string of the molecule is O=C(O)c1ccc2[nH]ncc2c1-c1ccccc1F. The number of aromatic nitrogens is 2. The number of carboxylic acid groups (broad SMARTS) is 1. The molecular weight excluding hydrogens is 247 g/mol. The minimum absolute atomic E-state index is 0.0546. The zero-order valence-electron chi connectivity index (χ0n) is 9.72. The second-order valence-electron chi connectivity index (χ2n) is 4.10. The molecular formula is C14H9FN2O2. The van der Waals surface area contributed by atoms with E-state index < -0.39 is 11.8 Å². The highest BCUT2D eigenvalue weighted by Crippen LogP contribution is 2.32. The van der Waals surface area contributed by atoms with Crippen LogP contribution in [0, 0.1) is 5.82 Å². The van der Waals surface area contributed by atoms with Crippen molar-refractivity contribution in [3.05, 3.63) is 54.0 Å². The summed E-state index contributed by atoms with van der Waals surface area (Å²) in [6.07, 6.45) is 1.50. The van der Waals surface area contributed by atoms with Gasteiger partial charge in [-0.3, -0.25) is 5.10 Å². The molecule has 0 amide bonds. The van der Waals surface area contributed by atoms with Crippen LogP contribution in [0.2, 0.25) is 0 Å². The third-order valence-electron chi connectivity index (χ3n) is 3.00. The Hall–Kier alpha value is -2.69. The molecule has 0 aliphatic carbocycles. The second kappa shape index (κ2) is 4.20. The Morgan fingerprint density at radius 1 is 1.21 bits per heavy atom. The predicted molar refractivity (Wildman–Crippen MR) is 68.4 cm³/mol. The molecule has 0 aliphatic rings. The smallest absolute Gasteiger partial charge is 0.336 e. The first kappa shape index (κ1) is 11.4. The van der Waals surface area contributed by atoms with Gasteiger partial charge in [0.05, 0.1) is 17.3 Å². The van der Waals surface area contributed by atoms with Crippen LogP contribution in [0.25, 0.3) is 22.0 Å². The third-order valence-corrected chi connectivity index (χ3v) is 3.00. The highest BCUT2D eigenvalue weighted by molar-refractivity contribution is 6.06. The first-order chi connectivity index (χ1) is 9.18. The minimum Gasteiger partial charge on any atom is -0.478 e. The highest BCUT2D eigenvalue weighted by Gasteiger charge is 2.18. The van der Waals surface area contributed by atoms with Gasteiger partial charge in [-0.05, 0) is 18.2 Å². The van der Waals surface area contributed by atoms with Gasteiger partial charge in [-0.2, -0.15) is 5.10 Å². The van der Waals surface area contributed by atoms with Crippen LogP contribution >= 0.6 is 0 Å². The van der Waals surface area contributed by atoms with Gasteiger partial charge in [-0.15, -0.1) is 0 Å². The number of H-pyrrole nitrogens is 1. The molecule has 1 heterocycles. The summed E-state index contributed by atoms with van der Waals surface area (Å²) in [5.41, 5.74) is 1.33. The Kier molecular flexibility index (Phi) is 2.52. The first-order valence-electron chi connectivity index (χ1n) is 5.63. The second-order valence-corrected chi connectivity index (χ2v) is 4.10. The van der Waals surface area contributed by atoms with Crippen molar-refractivity contribution in [2.45, 2.75) is 0 Å². The molecule has 0 unspecified atom stereocenters. The number of hydrogen-bond donors (Lipinski definition) is 2. The molecule has 0 saturated heterocycles. The molecule has 0 bridgehead atoms. The maximum absolute atomic E-state index is 13.9. The number of rotatable bonds is 2. The van der Waals surface area contributed by atoms with Crippen molar-refractivity contribution in [3.8, 4) is 11.1 Å². The number of benzene rings is 2. The number of fused-ring (bicyclic) bond motifs is 1. The van der Waals surface area contributed by atoms with Crippen LogP contribution in [0.15, 0.2) is 42.6 Å². The summed E-state index contributed by atoms with van der Waals surface area (Å²) in [5.74, 6) is -1.56.